The van der Waals surface area contributed by atoms with Gasteiger partial charge in [0.1, 0.15) is 0 Å². The molecule has 0 radical (unpaired) electrons. The van der Waals surface area contributed by atoms with Crippen molar-refractivity contribution in [2.75, 3.05) is 0 Å². The van der Waals surface area contributed by atoms with E-state index in [1.54, 1.807) is 0 Å². The lowest BCUT2D eigenvalue weighted by atomic mass is 9.87. The maximum absolute atomic E-state index is 7.78. The first-order valence-electron chi connectivity index (χ1n) is 36.6. The van der Waals surface area contributed by atoms with Gasteiger partial charge in [-0.3, -0.25) is 0 Å². The van der Waals surface area contributed by atoms with Gasteiger partial charge >= 0.3 is 17.6 Å². The van der Waals surface area contributed by atoms with E-state index in [1.807, 2.05) is 0 Å². The van der Waals surface area contributed by atoms with Crippen LogP contribution in [-0.4, -0.2) is 116 Å². The topological polar surface area (TPSA) is 106 Å². The molecule has 0 N–H and O–H groups in total. The smallest absolute Gasteiger partial charge is 0.414 e. The summed E-state index contributed by atoms with van der Waals surface area (Å²) in [5.41, 5.74) is 0. The molecule has 10 aliphatic carbocycles. The molecule has 0 aromatic heterocycles. The third kappa shape index (κ3) is 13.4. The molecule has 16 rings (SSSR count). The summed E-state index contributed by atoms with van der Waals surface area (Å²) in [5.74, 6) is 12.7. The van der Waals surface area contributed by atoms with Crippen LogP contribution in [-0.2, 0) is 43.6 Å². The average Bonchev–Trinajstić information content (AvgIpc) is 1.42. The molecule has 0 spiro atoms. The lowest BCUT2D eigenvalue weighted by Crippen LogP contribution is -2.68. The van der Waals surface area contributed by atoms with E-state index < -0.39 is 67.5 Å². The first-order valence-corrected chi connectivity index (χ1v) is 59.0. The van der Waals surface area contributed by atoms with Crippen LogP contribution in [0.25, 0.3) is 0 Å². The van der Waals surface area contributed by atoms with Crippen molar-refractivity contribution in [3.05, 3.63) is 60.7 Å². The Bertz CT molecular complexity index is 2690. The SMILES string of the molecule is C[Si](C)(C)O[Si](O[Si](C)(C)CCC1CC2CC1C1OC21)(O[Si](C)(C)CCC1CC2CC1C1OC21)c1ccccc1.C[Si](C)(CCC1CC2CCC1C2)O[Si](O[Si](C)(C)CCC1CC2CC1C1OC21)(O[Si](C)(C)CCC1CC2CC1C1OC21)c1ccccc1. The first-order chi connectivity index (χ1) is 41.7. The number of hydrogen-bond acceptors (Lipinski definition) is 10. The summed E-state index contributed by atoms with van der Waals surface area (Å²) in [6.45, 7) is 31.5. The van der Waals surface area contributed by atoms with Gasteiger partial charge in [-0.1, -0.05) is 99.2 Å². The van der Waals surface area contributed by atoms with Gasteiger partial charge in [0.15, 0.2) is 49.9 Å². The second kappa shape index (κ2) is 23.5. The Morgan fingerprint density at radius 3 is 0.852 bits per heavy atom. The third-order valence-electron chi connectivity index (χ3n) is 26.2. The van der Waals surface area contributed by atoms with E-state index in [-0.39, 0.29) is 0 Å². The summed E-state index contributed by atoms with van der Waals surface area (Å²) in [7, 11) is -18.9. The number of rotatable bonds is 29. The highest BCUT2D eigenvalue weighted by Crippen LogP contribution is 2.63. The molecular weight excluding hydrogens is 1230 g/mol. The molecule has 0 amide bonds. The van der Waals surface area contributed by atoms with Crippen molar-refractivity contribution in [3.8, 4) is 0 Å². The molecule has 14 aliphatic rings. The largest absolute Gasteiger partial charge is 0.505 e. The van der Waals surface area contributed by atoms with E-state index in [9.17, 15) is 0 Å². The molecule has 10 nitrogen and oxygen atoms in total. The Morgan fingerprint density at radius 1 is 0.307 bits per heavy atom. The van der Waals surface area contributed by atoms with E-state index in [1.165, 1.54) is 150 Å². The zero-order valence-corrected chi connectivity index (χ0v) is 64.7. The number of epoxide rings is 4. The lowest BCUT2D eigenvalue weighted by molar-refractivity contribution is 0.243. The Morgan fingerprint density at radius 2 is 0.602 bits per heavy atom. The molecule has 18 heteroatoms. The molecule has 10 bridgehead atoms. The monoisotopic (exact) mass is 1340 g/mol. The highest BCUT2D eigenvalue weighted by atomic mass is 28.5. The lowest BCUT2D eigenvalue weighted by Gasteiger charge is -2.45. The fourth-order valence-electron chi connectivity index (χ4n) is 21.9. The molecule has 23 atom stereocenters. The maximum Gasteiger partial charge on any atom is 0.505 e. The van der Waals surface area contributed by atoms with Gasteiger partial charge in [-0.25, -0.2) is 0 Å². The molecule has 10 saturated carbocycles. The number of fused-ring (bicyclic) bond motifs is 22. The van der Waals surface area contributed by atoms with Crippen LogP contribution in [0.15, 0.2) is 60.7 Å². The summed E-state index contributed by atoms with van der Waals surface area (Å²) >= 11 is 0. The van der Waals surface area contributed by atoms with Crippen molar-refractivity contribution < 1.29 is 43.6 Å². The normalized spacial score (nSPS) is 42.0. The molecule has 488 valence electrons. The standard InChI is InChI=1S/C39H64O5Si4.C31H52O5Si4/c1-45(2,17-14-28-21-26-12-13-27(28)20-26)42-48(33-10-8-7-9-11-33,43-46(3,4)18-15-29-22-31-24-34(29)38-36(31)40-38)44-47(5,6)19-16-30-23-32-25-35(30)39-37(32)41-39;1-37(2,3)34-40(25-11-9-8-10-12-25,35-38(4,5)15-13-21-17-23-19-26(21)30-28(23)32-30)36-39(6,7)16-14-22-18-24-20-27(22)31-29(24)33-31/h7-11,26-32,34-39H,12-25H2,1-6H3;8-12,21-24,26-31H,13-20H2,1-7H3. The minimum atomic E-state index is -3.23. The molecule has 4 aliphatic heterocycles. The van der Waals surface area contributed by atoms with E-state index in [4.69, 9.17) is 43.6 Å². The van der Waals surface area contributed by atoms with Crippen molar-refractivity contribution in [1.29, 1.82) is 0 Å². The van der Waals surface area contributed by atoms with Crippen LogP contribution in [0.3, 0.4) is 0 Å². The minimum Gasteiger partial charge on any atom is -0.414 e. The molecule has 2 aromatic carbocycles. The zero-order valence-electron chi connectivity index (χ0n) is 56.7. The van der Waals surface area contributed by atoms with E-state index >= 15 is 0 Å². The van der Waals surface area contributed by atoms with Gasteiger partial charge in [0.25, 0.3) is 0 Å². The van der Waals surface area contributed by atoms with Gasteiger partial charge in [-0.2, -0.15) is 0 Å². The number of benzene rings is 2. The van der Waals surface area contributed by atoms with Crippen LogP contribution < -0.4 is 10.4 Å². The quantitative estimate of drug-likeness (QED) is 0.0577. The fraction of sp³-hybridized carbons (Fsp3) is 0.829. The second-order valence-electron chi connectivity index (χ2n) is 36.4. The van der Waals surface area contributed by atoms with Gasteiger partial charge in [0.2, 0.25) is 0 Å². The van der Waals surface area contributed by atoms with Crippen molar-refractivity contribution in [2.24, 2.45) is 88.8 Å². The predicted molar refractivity (Wildman–Crippen MR) is 370 cm³/mol. The molecule has 14 fully saturated rings. The van der Waals surface area contributed by atoms with Crippen LogP contribution in [0.2, 0.25) is 115 Å². The van der Waals surface area contributed by atoms with E-state index in [0.29, 0.717) is 48.8 Å². The Labute approximate surface area is 540 Å². The van der Waals surface area contributed by atoms with Gasteiger partial charge in [-0.15, -0.1) is 0 Å². The Kier molecular flexibility index (Phi) is 17.1. The summed E-state index contributed by atoms with van der Waals surface area (Å²) < 4.78 is 69.6. The zero-order chi connectivity index (χ0) is 61.1. The minimum absolute atomic E-state index is 0.588. The summed E-state index contributed by atoms with van der Waals surface area (Å²) in [5, 5.41) is 2.39. The highest BCUT2D eigenvalue weighted by Gasteiger charge is 2.67. The number of hydrogen-bond donors (Lipinski definition) is 0. The van der Waals surface area contributed by atoms with Crippen LogP contribution in [0.1, 0.15) is 109 Å². The number of ether oxygens (including phenoxy) is 4. The van der Waals surface area contributed by atoms with Gasteiger partial charge in [-0.05, 0) is 275 Å². The van der Waals surface area contributed by atoms with Crippen LogP contribution >= 0.6 is 0 Å². The second-order valence-corrected chi connectivity index (χ2v) is 69.0. The average molecular weight is 1340 g/mol. The maximum atomic E-state index is 7.78. The molecule has 2 aromatic rings. The van der Waals surface area contributed by atoms with Gasteiger partial charge in [0.05, 0.1) is 48.8 Å². The molecule has 4 heterocycles. The highest BCUT2D eigenvalue weighted by molar-refractivity contribution is 6.97. The molecular formula is C70H116O10Si8. The van der Waals surface area contributed by atoms with Crippen LogP contribution in [0.4, 0.5) is 0 Å². The molecule has 23 unspecified atom stereocenters. The summed E-state index contributed by atoms with van der Waals surface area (Å²) in [6, 6.07) is 27.9. The van der Waals surface area contributed by atoms with Gasteiger partial charge < -0.3 is 43.6 Å². The Balaban J connectivity index is 0.000000150. The van der Waals surface area contributed by atoms with Crippen molar-refractivity contribution in [1.82, 2.24) is 0 Å². The van der Waals surface area contributed by atoms with Crippen molar-refractivity contribution >= 4 is 77.9 Å². The van der Waals surface area contributed by atoms with Crippen LogP contribution in [0.5, 0.6) is 0 Å². The first kappa shape index (κ1) is 63.8. The van der Waals surface area contributed by atoms with Gasteiger partial charge in [0, 0.05) is 10.4 Å². The molecule has 88 heavy (non-hydrogen) atoms. The van der Waals surface area contributed by atoms with E-state index in [0.717, 1.165) is 88.8 Å². The Hall–Kier alpha value is -0.225. The van der Waals surface area contributed by atoms with E-state index in [2.05, 4.69) is 146 Å². The third-order valence-corrected chi connectivity index (χ3v) is 55.7. The van der Waals surface area contributed by atoms with Crippen molar-refractivity contribution in [3.63, 3.8) is 0 Å². The fourth-order valence-corrected chi connectivity index (χ4v) is 54.3. The summed E-state index contributed by atoms with van der Waals surface area (Å²) in [6.07, 6.45) is 28.3. The summed E-state index contributed by atoms with van der Waals surface area (Å²) in [4.78, 5) is 0. The molecule has 4 saturated heterocycles. The van der Waals surface area contributed by atoms with Crippen molar-refractivity contribution in [2.45, 2.75) is 273 Å². The van der Waals surface area contributed by atoms with Crippen LogP contribution in [0, 0.1) is 88.8 Å². The predicted octanol–water partition coefficient (Wildman–Crippen LogP) is 15.7.